The Hall–Kier alpha value is -3.59. The van der Waals surface area contributed by atoms with Crippen LogP contribution in [-0.2, 0) is 27.9 Å². The van der Waals surface area contributed by atoms with Crippen molar-refractivity contribution in [2.75, 3.05) is 40.9 Å². The number of quaternary nitrogens is 1. The SMILES string of the molecule is CC/C=C\C/C=C\C/C=C\C/C=C\C/C=C\CCCCCCCCCCCC(=O)OC(/C=C/CCCCCCCCCCCC)C(COP(=O)(O)OCC[N+](C)(C)C)NC(=O)CCCCCCCCCCCCC/C=C\C/C=C\C/C=C\C/C=C\CCCCC. The van der Waals surface area contributed by atoms with Crippen LogP contribution in [0.2, 0.25) is 0 Å². The van der Waals surface area contributed by atoms with Gasteiger partial charge in [0, 0.05) is 12.8 Å². The third kappa shape index (κ3) is 68.8. The number of phosphoric acid groups is 1. The molecule has 0 saturated carbocycles. The first-order chi connectivity index (χ1) is 43.9. The number of esters is 1. The molecule has 0 aromatic heterocycles. The van der Waals surface area contributed by atoms with Gasteiger partial charge in [0.2, 0.25) is 5.91 Å². The summed E-state index contributed by atoms with van der Waals surface area (Å²) in [5.41, 5.74) is 0. The molecular weight excluding hydrogens is 1130 g/mol. The minimum absolute atomic E-state index is 0.0335. The van der Waals surface area contributed by atoms with Crippen LogP contribution in [0.5, 0.6) is 0 Å². The molecule has 0 saturated heterocycles. The summed E-state index contributed by atoms with van der Waals surface area (Å²) in [7, 11) is 1.48. The zero-order valence-corrected chi connectivity index (χ0v) is 60.2. The predicted octanol–water partition coefficient (Wildman–Crippen LogP) is 24.2. The van der Waals surface area contributed by atoms with Gasteiger partial charge in [-0.1, -0.05) is 310 Å². The quantitative estimate of drug-likeness (QED) is 0.0205. The van der Waals surface area contributed by atoms with Gasteiger partial charge in [-0.25, -0.2) is 4.57 Å². The Morgan fingerprint density at radius 3 is 1.09 bits per heavy atom. The van der Waals surface area contributed by atoms with Crippen molar-refractivity contribution >= 4 is 19.7 Å². The molecule has 0 aliphatic rings. The molecule has 9 nitrogen and oxygen atoms in total. The number of allylic oxidation sites excluding steroid dienone is 19. The van der Waals surface area contributed by atoms with Crippen molar-refractivity contribution in [3.8, 4) is 0 Å². The van der Waals surface area contributed by atoms with E-state index in [2.05, 4.69) is 135 Å². The van der Waals surface area contributed by atoms with Crippen LogP contribution in [0.25, 0.3) is 0 Å². The molecule has 90 heavy (non-hydrogen) atoms. The molecule has 1 amide bonds. The van der Waals surface area contributed by atoms with Crippen molar-refractivity contribution in [1.29, 1.82) is 0 Å². The lowest BCUT2D eigenvalue weighted by molar-refractivity contribution is -0.870. The topological polar surface area (TPSA) is 111 Å². The highest BCUT2D eigenvalue weighted by Crippen LogP contribution is 2.43. The number of carbonyl (C=O) groups is 2. The van der Waals surface area contributed by atoms with Crippen molar-refractivity contribution in [2.24, 2.45) is 0 Å². The van der Waals surface area contributed by atoms with Gasteiger partial charge in [-0.3, -0.25) is 18.6 Å². The number of ether oxygens (including phenoxy) is 1. The van der Waals surface area contributed by atoms with Crippen LogP contribution in [0, 0.1) is 0 Å². The molecule has 0 aliphatic carbocycles. The Labute approximate surface area is 556 Å². The van der Waals surface area contributed by atoms with Gasteiger partial charge in [-0.05, 0) is 122 Å². The molecular formula is C80H142N2O7P+. The number of phosphoric ester groups is 1. The number of nitrogens with zero attached hydrogens (tertiary/aromatic N) is 1. The number of amides is 1. The molecule has 3 atom stereocenters. The summed E-state index contributed by atoms with van der Waals surface area (Å²) in [5, 5.41) is 3.07. The summed E-state index contributed by atoms with van der Waals surface area (Å²) in [4.78, 5) is 38.0. The first-order valence-corrected chi connectivity index (χ1v) is 38.9. The number of likely N-dealkylation sites (N-methyl/N-ethyl adjacent to an activating group) is 1. The van der Waals surface area contributed by atoms with Crippen molar-refractivity contribution in [2.45, 2.75) is 335 Å². The van der Waals surface area contributed by atoms with Crippen molar-refractivity contribution in [3.05, 3.63) is 122 Å². The zero-order valence-electron chi connectivity index (χ0n) is 59.3. The van der Waals surface area contributed by atoms with Gasteiger partial charge in [0.25, 0.3) is 0 Å². The molecule has 0 aliphatic heterocycles. The summed E-state index contributed by atoms with van der Waals surface area (Å²) < 4.78 is 30.9. The van der Waals surface area contributed by atoms with E-state index < -0.39 is 20.0 Å². The van der Waals surface area contributed by atoms with Crippen molar-refractivity contribution < 1.29 is 37.3 Å². The van der Waals surface area contributed by atoms with Gasteiger partial charge >= 0.3 is 13.8 Å². The second kappa shape index (κ2) is 68.3. The highest BCUT2D eigenvalue weighted by Gasteiger charge is 2.30. The molecule has 0 aromatic rings. The van der Waals surface area contributed by atoms with Crippen molar-refractivity contribution in [1.82, 2.24) is 5.32 Å². The number of hydrogen-bond acceptors (Lipinski definition) is 6. The lowest BCUT2D eigenvalue weighted by Gasteiger charge is -2.27. The van der Waals surface area contributed by atoms with Crippen LogP contribution >= 0.6 is 7.82 Å². The van der Waals surface area contributed by atoms with Crippen LogP contribution in [0.15, 0.2) is 122 Å². The number of rotatable bonds is 67. The van der Waals surface area contributed by atoms with Gasteiger partial charge in [0.15, 0.2) is 0 Å². The average molecular weight is 1270 g/mol. The summed E-state index contributed by atoms with van der Waals surface area (Å²) in [6, 6.07) is -0.862. The first kappa shape index (κ1) is 86.4. The van der Waals surface area contributed by atoms with E-state index in [1.165, 1.54) is 167 Å². The van der Waals surface area contributed by atoms with E-state index in [-0.39, 0.29) is 31.5 Å². The van der Waals surface area contributed by atoms with Crippen LogP contribution in [0.4, 0.5) is 0 Å². The average Bonchev–Trinajstić information content (AvgIpc) is 3.11. The standard InChI is InChI=1S/C80H141N2O7P/c1-7-10-13-16-19-22-25-28-30-32-34-36-38-40-41-43-44-46-48-50-52-54-57-60-63-66-69-72-79(83)81-77(76-88-90(85,86)87-75-74-82(4,5)6)78(71-68-65-62-59-56-27-24-21-18-15-12-9-3)89-80(84)73-70-67-64-61-58-55-53-51-49-47-45-42-39-37-35-33-31-29-26-23-20-17-14-11-8-2/h11,14,19-20,22-23,28-31,34-37,40-42,45,68,71,77-78H,7-10,12-13,15-18,21,24-27,32-33,38-39,43-44,46-67,69-70,72-76H2,1-6H3,(H-,81,83,85,86)/p+1/b14-11-,22-19-,23-20-,30-28-,31-29-,36-34-,37-35-,41-40-,45-42-,71-68+. The number of carbonyl (C=O) groups excluding carboxylic acids is 2. The summed E-state index contributed by atoms with van der Waals surface area (Å²) in [6.45, 7) is 6.88. The van der Waals surface area contributed by atoms with Gasteiger partial charge in [-0.2, -0.15) is 0 Å². The molecule has 0 rings (SSSR count). The maximum atomic E-state index is 13.6. The zero-order chi connectivity index (χ0) is 65.6. The number of nitrogens with one attached hydrogen (secondary N) is 1. The van der Waals surface area contributed by atoms with E-state index >= 15 is 0 Å². The second-order valence-electron chi connectivity index (χ2n) is 26.1. The third-order valence-corrected chi connectivity index (χ3v) is 17.1. The lowest BCUT2D eigenvalue weighted by atomic mass is 10.0. The van der Waals surface area contributed by atoms with E-state index in [0.717, 1.165) is 122 Å². The fourth-order valence-corrected chi connectivity index (χ4v) is 11.2. The molecule has 2 N–H and O–H groups in total. The highest BCUT2D eigenvalue weighted by atomic mass is 31.2. The summed E-state index contributed by atoms with van der Waals surface area (Å²) in [5.74, 6) is -0.514. The largest absolute Gasteiger partial charge is 0.472 e. The van der Waals surface area contributed by atoms with Crippen LogP contribution in [-0.4, -0.2) is 74.3 Å². The Balaban J connectivity index is 5.04. The minimum Gasteiger partial charge on any atom is -0.456 e. The molecule has 0 aromatic carbocycles. The molecule has 0 heterocycles. The van der Waals surface area contributed by atoms with E-state index in [0.29, 0.717) is 17.4 Å². The Bertz CT molecular complexity index is 1960. The lowest BCUT2D eigenvalue weighted by Crippen LogP contribution is -2.47. The fraction of sp³-hybridized carbons (Fsp3) is 0.725. The number of unbranched alkanes of at least 4 members (excludes halogenated alkanes) is 33. The monoisotopic (exact) mass is 1270 g/mol. The normalized spacial score (nSPS) is 14.2. The fourth-order valence-electron chi connectivity index (χ4n) is 10.4. The van der Waals surface area contributed by atoms with E-state index in [1.807, 2.05) is 33.3 Å². The Morgan fingerprint density at radius 1 is 0.400 bits per heavy atom. The number of hydrogen-bond donors (Lipinski definition) is 2. The third-order valence-electron chi connectivity index (χ3n) is 16.1. The predicted molar refractivity (Wildman–Crippen MR) is 392 cm³/mol. The van der Waals surface area contributed by atoms with Crippen LogP contribution in [0.3, 0.4) is 0 Å². The molecule has 0 radical (unpaired) electrons. The Kier molecular flexibility index (Phi) is 65.6. The van der Waals surface area contributed by atoms with Gasteiger partial charge < -0.3 is 19.4 Å². The van der Waals surface area contributed by atoms with Crippen LogP contribution in [0.1, 0.15) is 323 Å². The van der Waals surface area contributed by atoms with Gasteiger partial charge in [0.05, 0.1) is 33.8 Å². The molecule has 0 spiro atoms. The first-order valence-electron chi connectivity index (χ1n) is 37.4. The van der Waals surface area contributed by atoms with E-state index in [4.69, 9.17) is 13.8 Å². The highest BCUT2D eigenvalue weighted by molar-refractivity contribution is 7.47. The molecule has 518 valence electrons. The van der Waals surface area contributed by atoms with E-state index in [1.54, 1.807) is 0 Å². The second-order valence-corrected chi connectivity index (χ2v) is 27.5. The molecule has 0 fully saturated rings. The Morgan fingerprint density at radius 2 is 0.711 bits per heavy atom. The minimum atomic E-state index is -4.47. The van der Waals surface area contributed by atoms with Crippen molar-refractivity contribution in [3.63, 3.8) is 0 Å². The van der Waals surface area contributed by atoms with E-state index in [9.17, 15) is 19.0 Å². The summed E-state index contributed by atoms with van der Waals surface area (Å²) in [6.07, 6.45) is 96.4. The molecule has 3 unspecified atom stereocenters. The molecule has 0 bridgehead atoms. The molecule has 10 heteroatoms. The van der Waals surface area contributed by atoms with Gasteiger partial charge in [0.1, 0.15) is 19.3 Å². The smallest absolute Gasteiger partial charge is 0.456 e. The van der Waals surface area contributed by atoms with Crippen LogP contribution < -0.4 is 5.32 Å². The van der Waals surface area contributed by atoms with Gasteiger partial charge in [-0.15, -0.1) is 0 Å². The maximum absolute atomic E-state index is 13.6. The maximum Gasteiger partial charge on any atom is 0.472 e. The summed E-state index contributed by atoms with van der Waals surface area (Å²) >= 11 is 0.